The summed E-state index contributed by atoms with van der Waals surface area (Å²) in [7, 11) is 0. The number of rotatable bonds is 7. The number of carbonyl (C=O) groups excluding carboxylic acids is 2. The van der Waals surface area contributed by atoms with Crippen LogP contribution in [0.3, 0.4) is 0 Å². The Bertz CT molecular complexity index is 970. The predicted molar refractivity (Wildman–Crippen MR) is 102 cm³/mol. The highest BCUT2D eigenvalue weighted by molar-refractivity contribution is 5.94. The van der Waals surface area contributed by atoms with E-state index in [-0.39, 0.29) is 29.9 Å². The first-order valence-electron chi connectivity index (χ1n) is 8.85. The fraction of sp³-hybridized carbons (Fsp3) is 0.190. The number of amides is 2. The van der Waals surface area contributed by atoms with Gasteiger partial charge in [0.15, 0.2) is 0 Å². The molecule has 1 aromatic heterocycles. The molecule has 28 heavy (non-hydrogen) atoms. The van der Waals surface area contributed by atoms with Gasteiger partial charge < -0.3 is 15.1 Å². The normalized spacial score (nSPS) is 10.5. The van der Waals surface area contributed by atoms with Gasteiger partial charge in [-0.3, -0.25) is 9.59 Å². The predicted octanol–water partition coefficient (Wildman–Crippen LogP) is 2.88. The van der Waals surface area contributed by atoms with E-state index in [1.54, 1.807) is 43.3 Å². The molecule has 1 heterocycles. The Hall–Kier alpha value is -3.48. The lowest BCUT2D eigenvalue weighted by molar-refractivity contribution is -0.120. The first-order chi connectivity index (χ1) is 13.5. The van der Waals surface area contributed by atoms with Crippen molar-refractivity contribution in [1.29, 1.82) is 0 Å². The van der Waals surface area contributed by atoms with Gasteiger partial charge in [-0.2, -0.15) is 0 Å². The number of nitrogens with one attached hydrogen (secondary N) is 2. The van der Waals surface area contributed by atoms with Crippen molar-refractivity contribution in [2.75, 3.05) is 13.1 Å². The summed E-state index contributed by atoms with van der Waals surface area (Å²) >= 11 is 0. The zero-order chi connectivity index (χ0) is 19.9. The smallest absolute Gasteiger partial charge is 0.251 e. The lowest BCUT2D eigenvalue weighted by atomic mass is 10.2. The molecule has 0 saturated carbocycles. The van der Waals surface area contributed by atoms with E-state index in [0.717, 1.165) is 0 Å². The molecular weight excluding hydrogens is 361 g/mol. The molecule has 144 valence electrons. The molecule has 2 N–H and O–H groups in total. The summed E-state index contributed by atoms with van der Waals surface area (Å²) in [6, 6.07) is 14.8. The molecule has 0 atom stereocenters. The highest BCUT2D eigenvalue weighted by Crippen LogP contribution is 2.22. The van der Waals surface area contributed by atoms with Gasteiger partial charge >= 0.3 is 0 Å². The van der Waals surface area contributed by atoms with Crippen LogP contribution in [0.1, 0.15) is 21.8 Å². The van der Waals surface area contributed by atoms with E-state index in [9.17, 15) is 14.0 Å². The third kappa shape index (κ3) is 5.03. The number of nitrogens with zero attached hydrogens (tertiary/aromatic N) is 1. The summed E-state index contributed by atoms with van der Waals surface area (Å²) in [5, 5.41) is 5.47. The first kappa shape index (κ1) is 19.3. The second-order valence-electron chi connectivity index (χ2n) is 6.18. The zero-order valence-corrected chi connectivity index (χ0v) is 15.4. The SMILES string of the molecule is Cc1oc(-c2cccc(F)c2)nc1CC(=O)NCCNC(=O)c1ccccc1. The van der Waals surface area contributed by atoms with Crippen molar-refractivity contribution in [1.82, 2.24) is 15.6 Å². The fourth-order valence-corrected chi connectivity index (χ4v) is 2.62. The van der Waals surface area contributed by atoms with Gasteiger partial charge in [-0.25, -0.2) is 9.37 Å². The van der Waals surface area contributed by atoms with Crippen LogP contribution < -0.4 is 10.6 Å². The fourth-order valence-electron chi connectivity index (χ4n) is 2.62. The standard InChI is InChI=1S/C21H20FN3O3/c1-14-18(25-21(28-14)16-8-5-9-17(22)12-16)13-19(26)23-10-11-24-20(27)15-6-3-2-4-7-15/h2-9,12H,10-11,13H2,1H3,(H,23,26)(H,24,27). The zero-order valence-electron chi connectivity index (χ0n) is 15.4. The summed E-state index contributed by atoms with van der Waals surface area (Å²) in [5.74, 6) is -0.0370. The van der Waals surface area contributed by atoms with E-state index >= 15 is 0 Å². The van der Waals surface area contributed by atoms with Crippen LogP contribution in [0.15, 0.2) is 59.0 Å². The van der Waals surface area contributed by atoms with Crippen molar-refractivity contribution in [2.45, 2.75) is 13.3 Å². The van der Waals surface area contributed by atoms with Gasteiger partial charge in [-0.15, -0.1) is 0 Å². The molecule has 0 unspecified atom stereocenters. The number of aromatic nitrogens is 1. The average Bonchev–Trinajstić information content (AvgIpc) is 3.06. The van der Waals surface area contributed by atoms with Gasteiger partial charge in [0.2, 0.25) is 11.8 Å². The molecule has 3 aromatic rings. The van der Waals surface area contributed by atoms with Crippen LogP contribution in [0.5, 0.6) is 0 Å². The lowest BCUT2D eigenvalue weighted by Gasteiger charge is -2.06. The van der Waals surface area contributed by atoms with Gasteiger partial charge in [-0.05, 0) is 37.3 Å². The maximum atomic E-state index is 13.3. The van der Waals surface area contributed by atoms with Crippen molar-refractivity contribution in [2.24, 2.45) is 0 Å². The maximum absolute atomic E-state index is 13.3. The third-order valence-electron chi connectivity index (χ3n) is 4.06. The van der Waals surface area contributed by atoms with Crippen LogP contribution in [0.25, 0.3) is 11.5 Å². The van der Waals surface area contributed by atoms with Crippen LogP contribution in [0, 0.1) is 12.7 Å². The molecule has 7 heteroatoms. The Balaban J connectivity index is 1.48. The molecule has 0 aliphatic rings. The molecule has 0 spiro atoms. The molecule has 0 aliphatic carbocycles. The number of benzene rings is 2. The summed E-state index contributed by atoms with van der Waals surface area (Å²) in [6.07, 6.45) is 0.0390. The van der Waals surface area contributed by atoms with Crippen LogP contribution in [0.2, 0.25) is 0 Å². The van der Waals surface area contributed by atoms with Crippen molar-refractivity contribution in [3.05, 3.63) is 77.4 Å². The molecule has 2 amide bonds. The minimum Gasteiger partial charge on any atom is -0.441 e. The highest BCUT2D eigenvalue weighted by atomic mass is 19.1. The second-order valence-corrected chi connectivity index (χ2v) is 6.18. The van der Waals surface area contributed by atoms with Gasteiger partial charge in [0.05, 0.1) is 12.1 Å². The van der Waals surface area contributed by atoms with Crippen molar-refractivity contribution in [3.63, 3.8) is 0 Å². The van der Waals surface area contributed by atoms with Crippen LogP contribution in [0.4, 0.5) is 4.39 Å². The topological polar surface area (TPSA) is 84.2 Å². The monoisotopic (exact) mass is 381 g/mol. The Labute approximate surface area is 161 Å². The molecular formula is C21H20FN3O3. The van der Waals surface area contributed by atoms with Crippen molar-refractivity contribution >= 4 is 11.8 Å². The van der Waals surface area contributed by atoms with Crippen molar-refractivity contribution in [3.8, 4) is 11.5 Å². The third-order valence-corrected chi connectivity index (χ3v) is 4.06. The average molecular weight is 381 g/mol. The second kappa shape index (κ2) is 8.94. The molecule has 0 radical (unpaired) electrons. The summed E-state index contributed by atoms with van der Waals surface area (Å²) in [6.45, 7) is 2.31. The highest BCUT2D eigenvalue weighted by Gasteiger charge is 2.15. The molecule has 0 saturated heterocycles. The number of hydrogen-bond acceptors (Lipinski definition) is 4. The van der Waals surface area contributed by atoms with E-state index in [0.29, 0.717) is 35.7 Å². The van der Waals surface area contributed by atoms with Gasteiger partial charge in [0.25, 0.3) is 5.91 Å². The number of oxazole rings is 1. The van der Waals surface area contributed by atoms with E-state index in [2.05, 4.69) is 15.6 Å². The van der Waals surface area contributed by atoms with Crippen molar-refractivity contribution < 1.29 is 18.4 Å². The summed E-state index contributed by atoms with van der Waals surface area (Å²) in [5.41, 5.74) is 1.57. The Morgan fingerprint density at radius 3 is 2.54 bits per heavy atom. The molecule has 6 nitrogen and oxygen atoms in total. The Morgan fingerprint density at radius 2 is 1.79 bits per heavy atom. The van der Waals surface area contributed by atoms with Gasteiger partial charge in [0.1, 0.15) is 11.6 Å². The molecule has 3 rings (SSSR count). The maximum Gasteiger partial charge on any atom is 0.251 e. The van der Waals surface area contributed by atoms with Gasteiger partial charge in [-0.1, -0.05) is 24.3 Å². The van der Waals surface area contributed by atoms with E-state index in [4.69, 9.17) is 4.42 Å². The number of halogens is 1. The number of hydrogen-bond donors (Lipinski definition) is 2. The van der Waals surface area contributed by atoms with E-state index in [1.165, 1.54) is 12.1 Å². The Kier molecular flexibility index (Phi) is 6.16. The molecule has 0 fully saturated rings. The Morgan fingerprint density at radius 1 is 1.04 bits per heavy atom. The quantitative estimate of drug-likeness (QED) is 0.617. The first-order valence-corrected chi connectivity index (χ1v) is 8.85. The van der Waals surface area contributed by atoms with Crippen LogP contribution in [-0.2, 0) is 11.2 Å². The molecule has 0 bridgehead atoms. The minimum absolute atomic E-state index is 0.0390. The van der Waals surface area contributed by atoms with Crippen LogP contribution in [-0.4, -0.2) is 29.9 Å². The number of carbonyl (C=O) groups is 2. The van der Waals surface area contributed by atoms with Crippen LogP contribution >= 0.6 is 0 Å². The summed E-state index contributed by atoms with van der Waals surface area (Å²) < 4.78 is 18.9. The van der Waals surface area contributed by atoms with E-state index < -0.39 is 0 Å². The largest absolute Gasteiger partial charge is 0.441 e. The minimum atomic E-state index is -0.384. The molecule has 2 aromatic carbocycles. The summed E-state index contributed by atoms with van der Waals surface area (Å²) in [4.78, 5) is 28.3. The van der Waals surface area contributed by atoms with Gasteiger partial charge in [0, 0.05) is 24.2 Å². The number of aryl methyl sites for hydroxylation is 1. The lowest BCUT2D eigenvalue weighted by Crippen LogP contribution is -2.35. The van der Waals surface area contributed by atoms with E-state index in [1.807, 2.05) is 6.07 Å². The molecule has 0 aliphatic heterocycles.